The summed E-state index contributed by atoms with van der Waals surface area (Å²) in [5.74, 6) is 1.91. The molecule has 0 atom stereocenters. The van der Waals surface area contributed by atoms with Crippen molar-refractivity contribution in [2.24, 2.45) is 10.9 Å². The zero-order valence-electron chi connectivity index (χ0n) is 17.7. The third kappa shape index (κ3) is 8.59. The first kappa shape index (κ1) is 23.4. The summed E-state index contributed by atoms with van der Waals surface area (Å²) in [5, 5.41) is 6.58. The van der Waals surface area contributed by atoms with Gasteiger partial charge in [-0.25, -0.2) is 12.7 Å². The molecular formula is C20H34N4O4S. The Morgan fingerprint density at radius 2 is 2.03 bits per heavy atom. The van der Waals surface area contributed by atoms with E-state index in [1.165, 1.54) is 6.26 Å². The molecule has 9 heteroatoms. The van der Waals surface area contributed by atoms with Crippen molar-refractivity contribution in [2.45, 2.75) is 26.2 Å². The van der Waals surface area contributed by atoms with Crippen molar-refractivity contribution < 1.29 is 17.9 Å². The second-order valence-electron chi connectivity index (χ2n) is 7.17. The van der Waals surface area contributed by atoms with Gasteiger partial charge in [0.05, 0.1) is 12.9 Å². The van der Waals surface area contributed by atoms with E-state index in [-0.39, 0.29) is 0 Å². The van der Waals surface area contributed by atoms with Crippen molar-refractivity contribution in [3.05, 3.63) is 24.3 Å². The van der Waals surface area contributed by atoms with Crippen molar-refractivity contribution in [1.29, 1.82) is 0 Å². The van der Waals surface area contributed by atoms with Crippen molar-refractivity contribution in [2.75, 3.05) is 58.1 Å². The Labute approximate surface area is 174 Å². The first-order valence-electron chi connectivity index (χ1n) is 10.1. The normalized spacial score (nSPS) is 16.6. The summed E-state index contributed by atoms with van der Waals surface area (Å²) >= 11 is 0. The SMILES string of the molecule is CCNC(=NCC1CCN(S(C)(=O)=O)CC1)Nc1cccc(OCCCOC)c1. The average Bonchev–Trinajstić information content (AvgIpc) is 2.70. The van der Waals surface area contributed by atoms with Gasteiger partial charge in [0, 0.05) is 58.1 Å². The molecule has 1 fully saturated rings. The van der Waals surface area contributed by atoms with Crippen molar-refractivity contribution in [1.82, 2.24) is 9.62 Å². The molecule has 8 nitrogen and oxygen atoms in total. The average molecular weight is 427 g/mol. The lowest BCUT2D eigenvalue weighted by atomic mass is 9.98. The van der Waals surface area contributed by atoms with Crippen LogP contribution in [-0.4, -0.2) is 71.4 Å². The van der Waals surface area contributed by atoms with Crippen LogP contribution in [0.25, 0.3) is 0 Å². The Balaban J connectivity index is 1.89. The van der Waals surface area contributed by atoms with Gasteiger partial charge in [-0.1, -0.05) is 6.07 Å². The van der Waals surface area contributed by atoms with Gasteiger partial charge in [0.15, 0.2) is 5.96 Å². The molecule has 2 N–H and O–H groups in total. The van der Waals surface area contributed by atoms with Gasteiger partial charge in [0.2, 0.25) is 10.0 Å². The number of nitrogens with zero attached hydrogens (tertiary/aromatic N) is 2. The van der Waals surface area contributed by atoms with Crippen LogP contribution in [0.2, 0.25) is 0 Å². The number of benzene rings is 1. The molecule has 1 heterocycles. The molecule has 0 amide bonds. The van der Waals surface area contributed by atoms with Crippen LogP contribution in [0.3, 0.4) is 0 Å². The summed E-state index contributed by atoms with van der Waals surface area (Å²) in [7, 11) is -1.41. The molecule has 0 spiro atoms. The minimum atomic E-state index is -3.09. The largest absolute Gasteiger partial charge is 0.493 e. The third-order valence-electron chi connectivity index (χ3n) is 4.75. The minimum absolute atomic E-state index is 0.388. The highest BCUT2D eigenvalue weighted by atomic mass is 32.2. The molecule has 164 valence electrons. The highest BCUT2D eigenvalue weighted by Gasteiger charge is 2.24. The lowest BCUT2D eigenvalue weighted by molar-refractivity contribution is 0.172. The molecular weight excluding hydrogens is 392 g/mol. The zero-order valence-corrected chi connectivity index (χ0v) is 18.5. The van der Waals surface area contributed by atoms with E-state index in [0.717, 1.165) is 43.2 Å². The lowest BCUT2D eigenvalue weighted by Crippen LogP contribution is -2.38. The number of rotatable bonds is 10. The van der Waals surface area contributed by atoms with Crippen LogP contribution in [0.1, 0.15) is 26.2 Å². The molecule has 0 aromatic heterocycles. The number of methoxy groups -OCH3 is 1. The van der Waals surface area contributed by atoms with E-state index in [1.54, 1.807) is 11.4 Å². The fraction of sp³-hybridized carbons (Fsp3) is 0.650. The second-order valence-corrected chi connectivity index (χ2v) is 9.16. The summed E-state index contributed by atoms with van der Waals surface area (Å²) < 4.78 is 35.6. The lowest BCUT2D eigenvalue weighted by Gasteiger charge is -2.29. The number of sulfonamides is 1. The standard InChI is InChI=1S/C20H34N4O4S/c1-4-21-20(22-16-17-9-11-24(12-10-17)29(3,25)26)23-18-7-5-8-19(15-18)28-14-6-13-27-2/h5,7-8,15,17H,4,6,9-14,16H2,1-3H3,(H2,21,22,23). The third-order valence-corrected chi connectivity index (χ3v) is 6.06. The summed E-state index contributed by atoms with van der Waals surface area (Å²) in [6, 6.07) is 7.79. The smallest absolute Gasteiger partial charge is 0.211 e. The molecule has 0 bridgehead atoms. The Hall–Kier alpha value is -1.84. The summed E-state index contributed by atoms with van der Waals surface area (Å²) in [6.45, 7) is 5.88. The fourth-order valence-electron chi connectivity index (χ4n) is 3.14. The predicted octanol–water partition coefficient (Wildman–Crippen LogP) is 2.15. The Morgan fingerprint density at radius 3 is 2.69 bits per heavy atom. The maximum absolute atomic E-state index is 11.6. The molecule has 1 saturated heterocycles. The number of hydrogen-bond acceptors (Lipinski definition) is 5. The van der Waals surface area contributed by atoms with Crippen LogP contribution in [0.4, 0.5) is 5.69 Å². The van der Waals surface area contributed by atoms with E-state index in [1.807, 2.05) is 31.2 Å². The number of aliphatic imine (C=N–C) groups is 1. The van der Waals surface area contributed by atoms with Gasteiger partial charge in [-0.15, -0.1) is 0 Å². The van der Waals surface area contributed by atoms with Gasteiger partial charge in [0.1, 0.15) is 5.75 Å². The fourth-order valence-corrected chi connectivity index (χ4v) is 4.02. The summed E-state index contributed by atoms with van der Waals surface area (Å²) in [6.07, 6.45) is 3.78. The van der Waals surface area contributed by atoms with Gasteiger partial charge >= 0.3 is 0 Å². The van der Waals surface area contributed by atoms with Gasteiger partial charge in [-0.05, 0) is 37.8 Å². The van der Waals surface area contributed by atoms with E-state index in [9.17, 15) is 8.42 Å². The molecule has 2 rings (SSSR count). The number of ether oxygens (including phenoxy) is 2. The van der Waals surface area contributed by atoms with E-state index < -0.39 is 10.0 Å². The maximum atomic E-state index is 11.6. The monoisotopic (exact) mass is 426 g/mol. The highest BCUT2D eigenvalue weighted by molar-refractivity contribution is 7.88. The van der Waals surface area contributed by atoms with Crippen molar-refractivity contribution in [3.8, 4) is 5.75 Å². The first-order valence-corrected chi connectivity index (χ1v) is 12.0. The van der Waals surface area contributed by atoms with Crippen LogP contribution < -0.4 is 15.4 Å². The molecule has 0 aliphatic carbocycles. The molecule has 1 aliphatic heterocycles. The maximum Gasteiger partial charge on any atom is 0.211 e. The van der Waals surface area contributed by atoms with Gasteiger partial charge < -0.3 is 20.1 Å². The summed E-state index contributed by atoms with van der Waals surface area (Å²) in [4.78, 5) is 4.70. The Bertz CT molecular complexity index is 747. The van der Waals surface area contributed by atoms with Crippen LogP contribution >= 0.6 is 0 Å². The van der Waals surface area contributed by atoms with Gasteiger partial charge in [-0.2, -0.15) is 0 Å². The second kappa shape index (κ2) is 12.0. The molecule has 0 saturated carbocycles. The van der Waals surface area contributed by atoms with Crippen molar-refractivity contribution >= 4 is 21.7 Å². The number of hydrogen-bond donors (Lipinski definition) is 2. The predicted molar refractivity (Wildman–Crippen MR) is 117 cm³/mol. The quantitative estimate of drug-likeness (QED) is 0.338. The number of nitrogens with one attached hydrogen (secondary N) is 2. The zero-order chi connectivity index (χ0) is 21.1. The van der Waals surface area contributed by atoms with Gasteiger partial charge in [-0.3, -0.25) is 4.99 Å². The topological polar surface area (TPSA) is 92.3 Å². The van der Waals surface area contributed by atoms with Crippen LogP contribution in [-0.2, 0) is 14.8 Å². The molecule has 1 aliphatic rings. The Kier molecular flexibility index (Phi) is 9.69. The van der Waals surface area contributed by atoms with E-state index >= 15 is 0 Å². The number of anilines is 1. The van der Waals surface area contributed by atoms with Gasteiger partial charge in [0.25, 0.3) is 0 Å². The van der Waals surface area contributed by atoms with E-state index in [2.05, 4.69) is 10.6 Å². The van der Waals surface area contributed by atoms with Crippen LogP contribution in [0.5, 0.6) is 5.75 Å². The van der Waals surface area contributed by atoms with E-state index in [4.69, 9.17) is 14.5 Å². The molecule has 0 unspecified atom stereocenters. The molecule has 0 radical (unpaired) electrons. The molecule has 29 heavy (non-hydrogen) atoms. The molecule has 1 aromatic carbocycles. The highest BCUT2D eigenvalue weighted by Crippen LogP contribution is 2.20. The number of guanidine groups is 1. The first-order chi connectivity index (χ1) is 13.9. The van der Waals surface area contributed by atoms with Crippen molar-refractivity contribution in [3.63, 3.8) is 0 Å². The van der Waals surface area contributed by atoms with E-state index in [0.29, 0.717) is 38.8 Å². The number of piperidine rings is 1. The minimum Gasteiger partial charge on any atom is -0.493 e. The van der Waals surface area contributed by atoms with Crippen LogP contribution in [0, 0.1) is 5.92 Å². The summed E-state index contributed by atoms with van der Waals surface area (Å²) in [5.41, 5.74) is 0.904. The van der Waals surface area contributed by atoms with Crippen LogP contribution in [0.15, 0.2) is 29.3 Å². The molecule has 1 aromatic rings. The Morgan fingerprint density at radius 1 is 1.28 bits per heavy atom.